The molecule has 0 atom stereocenters. The Morgan fingerprint density at radius 3 is 2.68 bits per heavy atom. The maximum atomic E-state index is 12.9. The maximum absolute atomic E-state index is 12.9. The van der Waals surface area contributed by atoms with Crippen LogP contribution in [0, 0.1) is 6.92 Å². The largest absolute Gasteiger partial charge is 0.462 e. The molecule has 2 aromatic rings. The predicted octanol–water partition coefficient (Wildman–Crippen LogP) is 3.72. The smallest absolute Gasteiger partial charge is 0.348 e. The second-order valence-electron chi connectivity index (χ2n) is 6.58. The van der Waals surface area contributed by atoms with Crippen molar-refractivity contribution in [2.45, 2.75) is 18.7 Å². The average Bonchev–Trinajstić information content (AvgIpc) is 3.10. The van der Waals surface area contributed by atoms with Gasteiger partial charge in [0.05, 0.1) is 40.4 Å². The van der Waals surface area contributed by atoms with Crippen molar-refractivity contribution in [1.82, 2.24) is 4.31 Å². The summed E-state index contributed by atoms with van der Waals surface area (Å²) in [5.41, 5.74) is 1.12. The number of ether oxygens (including phenoxy) is 2. The highest BCUT2D eigenvalue weighted by Crippen LogP contribution is 2.30. The molecule has 0 spiro atoms. The highest BCUT2D eigenvalue weighted by Gasteiger charge is 2.27. The topological polar surface area (TPSA) is 97.0 Å². The first-order chi connectivity index (χ1) is 14.7. The van der Waals surface area contributed by atoms with Crippen LogP contribution in [0.2, 0.25) is 5.02 Å². The molecular formula is C19H22ClN3O5S3. The van der Waals surface area contributed by atoms with E-state index in [0.717, 1.165) is 5.56 Å². The Morgan fingerprint density at radius 1 is 1.29 bits per heavy atom. The summed E-state index contributed by atoms with van der Waals surface area (Å²) in [6, 6.07) is 6.20. The number of morpholine rings is 1. The molecule has 0 radical (unpaired) electrons. The van der Waals surface area contributed by atoms with E-state index in [1.165, 1.54) is 33.8 Å². The van der Waals surface area contributed by atoms with Gasteiger partial charge in [0.1, 0.15) is 4.88 Å². The first kappa shape index (κ1) is 23.9. The number of sulfonamides is 1. The molecule has 1 saturated heterocycles. The molecule has 1 aliphatic heterocycles. The fourth-order valence-corrected chi connectivity index (χ4v) is 5.76. The Bertz CT molecular complexity index is 1080. The van der Waals surface area contributed by atoms with E-state index in [2.05, 4.69) is 10.6 Å². The summed E-state index contributed by atoms with van der Waals surface area (Å²) in [6.45, 7) is 5.17. The molecule has 8 nitrogen and oxygen atoms in total. The number of thiophene rings is 1. The first-order valence-corrected chi connectivity index (χ1v) is 12.5. The second kappa shape index (κ2) is 10.2. The molecule has 1 fully saturated rings. The number of hydrogen-bond donors (Lipinski definition) is 2. The minimum absolute atomic E-state index is 0.112. The van der Waals surface area contributed by atoms with Gasteiger partial charge in [0.2, 0.25) is 10.0 Å². The van der Waals surface area contributed by atoms with Crippen molar-refractivity contribution in [1.29, 1.82) is 0 Å². The number of hydrogen-bond acceptors (Lipinski definition) is 7. The number of rotatable bonds is 6. The normalized spacial score (nSPS) is 14.8. The van der Waals surface area contributed by atoms with E-state index in [-0.39, 0.29) is 16.0 Å². The van der Waals surface area contributed by atoms with E-state index in [9.17, 15) is 13.2 Å². The molecule has 31 heavy (non-hydrogen) atoms. The van der Waals surface area contributed by atoms with Crippen molar-refractivity contribution in [3.8, 4) is 0 Å². The predicted molar refractivity (Wildman–Crippen MR) is 126 cm³/mol. The van der Waals surface area contributed by atoms with Crippen LogP contribution < -0.4 is 10.6 Å². The van der Waals surface area contributed by atoms with Crippen LogP contribution in [0.25, 0.3) is 0 Å². The molecule has 0 bridgehead atoms. The molecule has 1 aliphatic rings. The molecule has 2 N–H and O–H groups in total. The van der Waals surface area contributed by atoms with E-state index >= 15 is 0 Å². The standard InChI is InChI=1S/C19H22ClN3O5S3/c1-3-28-18(24)17-12(2)10-16(30-17)22-19(29)21-15-11-13(4-5-14(15)20)31(25,26)23-6-8-27-9-7-23/h4-5,10-11H,3,6-9H2,1-2H3,(H2,21,22,29). The fraction of sp³-hybridized carbons (Fsp3) is 0.368. The maximum Gasteiger partial charge on any atom is 0.348 e. The van der Waals surface area contributed by atoms with E-state index in [0.29, 0.717) is 53.5 Å². The Hall–Kier alpha value is -1.76. The van der Waals surface area contributed by atoms with Crippen LogP contribution in [0.5, 0.6) is 0 Å². The molecule has 12 heteroatoms. The summed E-state index contributed by atoms with van der Waals surface area (Å²) in [6.07, 6.45) is 0. The summed E-state index contributed by atoms with van der Waals surface area (Å²) in [5.74, 6) is -0.388. The lowest BCUT2D eigenvalue weighted by Gasteiger charge is -2.26. The third-order valence-electron chi connectivity index (χ3n) is 4.41. The molecule has 1 aromatic carbocycles. The number of carbonyl (C=O) groups excluding carboxylic acids is 1. The number of nitrogens with one attached hydrogen (secondary N) is 2. The zero-order valence-electron chi connectivity index (χ0n) is 16.9. The summed E-state index contributed by atoms with van der Waals surface area (Å²) in [7, 11) is -3.67. The van der Waals surface area contributed by atoms with Crippen LogP contribution in [0.1, 0.15) is 22.2 Å². The average molecular weight is 504 g/mol. The monoisotopic (exact) mass is 503 g/mol. The van der Waals surface area contributed by atoms with Gasteiger partial charge in [0.15, 0.2) is 5.11 Å². The lowest BCUT2D eigenvalue weighted by Crippen LogP contribution is -2.40. The van der Waals surface area contributed by atoms with Gasteiger partial charge in [-0.15, -0.1) is 11.3 Å². The van der Waals surface area contributed by atoms with Crippen LogP contribution in [0.4, 0.5) is 10.7 Å². The van der Waals surface area contributed by atoms with Gasteiger partial charge in [-0.2, -0.15) is 4.31 Å². The van der Waals surface area contributed by atoms with Gasteiger partial charge in [-0.3, -0.25) is 0 Å². The third-order valence-corrected chi connectivity index (χ3v) is 7.97. The van der Waals surface area contributed by atoms with E-state index in [1.54, 1.807) is 19.9 Å². The molecule has 2 heterocycles. The minimum Gasteiger partial charge on any atom is -0.462 e. The Kier molecular flexibility index (Phi) is 7.89. The van der Waals surface area contributed by atoms with Gasteiger partial charge in [-0.05, 0) is 55.9 Å². The Labute approximate surface area is 195 Å². The molecule has 3 rings (SSSR count). The van der Waals surface area contributed by atoms with E-state index < -0.39 is 10.0 Å². The van der Waals surface area contributed by atoms with Crippen LogP contribution in [0.3, 0.4) is 0 Å². The Balaban J connectivity index is 1.74. The number of esters is 1. The second-order valence-corrected chi connectivity index (χ2v) is 10.4. The van der Waals surface area contributed by atoms with Crippen molar-refractivity contribution in [2.24, 2.45) is 0 Å². The lowest BCUT2D eigenvalue weighted by atomic mass is 10.3. The highest BCUT2D eigenvalue weighted by atomic mass is 35.5. The van der Waals surface area contributed by atoms with Gasteiger partial charge >= 0.3 is 5.97 Å². The zero-order chi connectivity index (χ0) is 22.6. The molecule has 0 saturated carbocycles. The summed E-state index contributed by atoms with van der Waals surface area (Å²) < 4.78 is 37.4. The fourth-order valence-electron chi connectivity index (χ4n) is 2.91. The third kappa shape index (κ3) is 5.73. The van der Waals surface area contributed by atoms with Crippen molar-refractivity contribution in [2.75, 3.05) is 43.5 Å². The van der Waals surface area contributed by atoms with Crippen LogP contribution in [0.15, 0.2) is 29.2 Å². The number of carbonyl (C=O) groups is 1. The number of aryl methyl sites for hydroxylation is 1. The quantitative estimate of drug-likeness (QED) is 0.455. The summed E-state index contributed by atoms with van der Waals surface area (Å²) in [4.78, 5) is 12.6. The van der Waals surface area contributed by atoms with Gasteiger partial charge < -0.3 is 20.1 Å². The number of thiocarbonyl (C=S) groups is 1. The summed E-state index contributed by atoms with van der Waals surface area (Å²) >= 11 is 12.8. The van der Waals surface area contributed by atoms with Crippen molar-refractivity contribution >= 4 is 66.9 Å². The SMILES string of the molecule is CCOC(=O)c1sc(NC(=S)Nc2cc(S(=O)(=O)N3CCOCC3)ccc2Cl)cc1C. The van der Waals surface area contributed by atoms with Crippen molar-refractivity contribution in [3.05, 3.63) is 39.7 Å². The molecule has 1 aromatic heterocycles. The van der Waals surface area contributed by atoms with Crippen molar-refractivity contribution in [3.63, 3.8) is 0 Å². The number of halogens is 1. The number of benzene rings is 1. The molecule has 0 unspecified atom stereocenters. The molecule has 0 aliphatic carbocycles. The molecule has 0 amide bonds. The van der Waals surface area contributed by atoms with Crippen LogP contribution in [-0.4, -0.2) is 56.7 Å². The Morgan fingerprint density at radius 2 is 2.00 bits per heavy atom. The van der Waals surface area contributed by atoms with Gasteiger partial charge in [-0.25, -0.2) is 13.2 Å². The molecule has 168 valence electrons. The minimum atomic E-state index is -3.67. The molecular weight excluding hydrogens is 482 g/mol. The van der Waals surface area contributed by atoms with Crippen molar-refractivity contribution < 1.29 is 22.7 Å². The number of nitrogens with zero attached hydrogens (tertiary/aromatic N) is 1. The first-order valence-electron chi connectivity index (χ1n) is 9.45. The van der Waals surface area contributed by atoms with Crippen LogP contribution in [-0.2, 0) is 19.5 Å². The van der Waals surface area contributed by atoms with E-state index in [4.69, 9.17) is 33.3 Å². The number of anilines is 2. The van der Waals surface area contributed by atoms with Gasteiger partial charge in [0.25, 0.3) is 0 Å². The highest BCUT2D eigenvalue weighted by molar-refractivity contribution is 7.89. The van der Waals surface area contributed by atoms with Gasteiger partial charge in [0, 0.05) is 13.1 Å². The lowest BCUT2D eigenvalue weighted by molar-refractivity contribution is 0.0531. The van der Waals surface area contributed by atoms with Crippen LogP contribution >= 0.6 is 35.2 Å². The van der Waals surface area contributed by atoms with Gasteiger partial charge in [-0.1, -0.05) is 11.6 Å². The zero-order valence-corrected chi connectivity index (χ0v) is 20.1. The summed E-state index contributed by atoms with van der Waals surface area (Å²) in [5, 5.41) is 7.09. The van der Waals surface area contributed by atoms with E-state index in [1.807, 2.05) is 0 Å².